The molecule has 0 spiro atoms. The Hall–Kier alpha value is -1.04. The molecule has 0 radical (unpaired) electrons. The van der Waals surface area contributed by atoms with E-state index in [-0.39, 0.29) is 0 Å². The minimum atomic E-state index is -0.726. The number of esters is 1. The van der Waals surface area contributed by atoms with Crippen LogP contribution in [-0.2, 0) is 14.3 Å². The molecule has 1 N–H and O–H groups in total. The van der Waals surface area contributed by atoms with Gasteiger partial charge in [-0.1, -0.05) is 17.7 Å². The van der Waals surface area contributed by atoms with E-state index in [1.165, 1.54) is 7.11 Å². The van der Waals surface area contributed by atoms with Crippen LogP contribution in [0.2, 0.25) is 5.02 Å². The summed E-state index contributed by atoms with van der Waals surface area (Å²) in [6, 6.07) is 7.14. The minimum absolute atomic E-state index is 0.323. The van der Waals surface area contributed by atoms with Gasteiger partial charge < -0.3 is 14.8 Å². The molecule has 17 heavy (non-hydrogen) atoms. The first-order valence-electron chi connectivity index (χ1n) is 4.78. The first kappa shape index (κ1) is 12.4. The number of hydrogen-bond acceptors (Lipinski definition) is 4. The van der Waals surface area contributed by atoms with Crippen LogP contribution in [0.4, 0.5) is 5.69 Å². The highest BCUT2D eigenvalue weighted by Gasteiger charge is 2.33. The summed E-state index contributed by atoms with van der Waals surface area (Å²) in [4.78, 5) is 11.3. The number of carbonyl (C=O) groups excluding carboxylic acids is 1. The molecule has 0 aliphatic carbocycles. The van der Waals surface area contributed by atoms with Crippen LogP contribution in [0.15, 0.2) is 34.4 Å². The van der Waals surface area contributed by atoms with Crippen LogP contribution in [0, 0.1) is 0 Å². The van der Waals surface area contributed by atoms with Crippen LogP contribution in [0.3, 0.4) is 0 Å². The van der Waals surface area contributed by atoms with E-state index in [4.69, 9.17) is 21.1 Å². The van der Waals surface area contributed by atoms with Gasteiger partial charge in [0.05, 0.1) is 0 Å². The number of halogens is 2. The van der Waals surface area contributed by atoms with Gasteiger partial charge in [-0.2, -0.15) is 0 Å². The fourth-order valence-electron chi connectivity index (χ4n) is 1.42. The van der Waals surface area contributed by atoms with E-state index >= 15 is 0 Å². The molecule has 1 atom stereocenters. The highest BCUT2D eigenvalue weighted by atomic mass is 79.9. The van der Waals surface area contributed by atoms with E-state index in [2.05, 4.69) is 21.2 Å². The summed E-state index contributed by atoms with van der Waals surface area (Å²) in [6.07, 6.45) is -0.726. The van der Waals surface area contributed by atoms with Crippen molar-refractivity contribution in [2.24, 2.45) is 0 Å². The summed E-state index contributed by atoms with van der Waals surface area (Å²) in [6.45, 7) is 0. The first-order valence-corrected chi connectivity index (χ1v) is 5.95. The predicted octanol–water partition coefficient (Wildman–Crippen LogP) is 2.89. The molecule has 0 unspecified atom stereocenters. The molecule has 0 saturated carbocycles. The summed E-state index contributed by atoms with van der Waals surface area (Å²) in [7, 11) is 1.46. The Bertz CT molecular complexity index is 489. The quantitative estimate of drug-likeness (QED) is 0.871. The number of rotatable bonds is 3. The Morgan fingerprint density at radius 3 is 2.94 bits per heavy atom. The van der Waals surface area contributed by atoms with Gasteiger partial charge in [0.1, 0.15) is 10.2 Å². The second kappa shape index (κ2) is 5.08. The SMILES string of the molecule is CO[C@H]1OC(=O)C(Br)=C1Nc1cccc(Cl)c1. The zero-order chi connectivity index (χ0) is 12.4. The molecule has 1 aliphatic rings. The van der Waals surface area contributed by atoms with Crippen LogP contribution in [-0.4, -0.2) is 19.4 Å². The normalized spacial score (nSPS) is 19.5. The first-order chi connectivity index (χ1) is 8.11. The predicted molar refractivity (Wildman–Crippen MR) is 67.9 cm³/mol. The topological polar surface area (TPSA) is 47.6 Å². The third-order valence-corrected chi connectivity index (χ3v) is 3.17. The van der Waals surface area contributed by atoms with Crippen LogP contribution >= 0.6 is 27.5 Å². The summed E-state index contributed by atoms with van der Waals surface area (Å²) < 4.78 is 10.3. The van der Waals surface area contributed by atoms with E-state index < -0.39 is 12.3 Å². The van der Waals surface area contributed by atoms with Gasteiger partial charge in [-0.3, -0.25) is 0 Å². The van der Waals surface area contributed by atoms with Gasteiger partial charge in [-0.15, -0.1) is 0 Å². The molecule has 6 heteroatoms. The molecule has 1 aromatic rings. The van der Waals surface area contributed by atoms with Crippen molar-refractivity contribution in [2.75, 3.05) is 12.4 Å². The van der Waals surface area contributed by atoms with Crippen molar-refractivity contribution in [1.82, 2.24) is 0 Å². The Morgan fingerprint density at radius 1 is 1.53 bits per heavy atom. The van der Waals surface area contributed by atoms with Gasteiger partial charge in [-0.25, -0.2) is 4.79 Å². The zero-order valence-electron chi connectivity index (χ0n) is 8.87. The molecule has 0 saturated heterocycles. The Morgan fingerprint density at radius 2 is 2.29 bits per heavy atom. The second-order valence-electron chi connectivity index (χ2n) is 3.34. The maximum absolute atomic E-state index is 11.3. The third kappa shape index (κ3) is 2.62. The Balaban J connectivity index is 2.25. The molecule has 1 aliphatic heterocycles. The fourth-order valence-corrected chi connectivity index (χ4v) is 1.99. The van der Waals surface area contributed by atoms with Crippen molar-refractivity contribution in [1.29, 1.82) is 0 Å². The average Bonchev–Trinajstić information content (AvgIpc) is 2.57. The molecule has 0 amide bonds. The van der Waals surface area contributed by atoms with Crippen LogP contribution < -0.4 is 5.32 Å². The number of nitrogens with one attached hydrogen (secondary N) is 1. The maximum atomic E-state index is 11.3. The molecule has 0 fully saturated rings. The minimum Gasteiger partial charge on any atom is -0.426 e. The fraction of sp³-hybridized carbons (Fsp3) is 0.182. The number of cyclic esters (lactones) is 1. The lowest BCUT2D eigenvalue weighted by molar-refractivity contribution is -0.155. The van der Waals surface area contributed by atoms with Crippen molar-refractivity contribution < 1.29 is 14.3 Å². The largest absolute Gasteiger partial charge is 0.426 e. The molecule has 1 heterocycles. The van der Waals surface area contributed by atoms with Crippen LogP contribution in [0.25, 0.3) is 0 Å². The molecule has 4 nitrogen and oxygen atoms in total. The number of benzene rings is 1. The highest BCUT2D eigenvalue weighted by Crippen LogP contribution is 2.29. The van der Waals surface area contributed by atoms with E-state index in [0.29, 0.717) is 15.2 Å². The van der Waals surface area contributed by atoms with Gasteiger partial charge >= 0.3 is 5.97 Å². The lowest BCUT2D eigenvalue weighted by atomic mass is 10.3. The summed E-state index contributed by atoms with van der Waals surface area (Å²) in [5, 5.41) is 3.64. The summed E-state index contributed by atoms with van der Waals surface area (Å²) in [5.74, 6) is -0.457. The molecule has 2 rings (SSSR count). The van der Waals surface area contributed by atoms with E-state index in [0.717, 1.165) is 5.69 Å². The summed E-state index contributed by atoms with van der Waals surface area (Å²) >= 11 is 9.03. The molecular formula is C11H9BrClNO3. The van der Waals surface area contributed by atoms with E-state index in [1.54, 1.807) is 18.2 Å². The smallest absolute Gasteiger partial charge is 0.349 e. The highest BCUT2D eigenvalue weighted by molar-refractivity contribution is 9.12. The Kier molecular flexibility index (Phi) is 3.71. The van der Waals surface area contributed by atoms with E-state index in [9.17, 15) is 4.79 Å². The van der Waals surface area contributed by atoms with E-state index in [1.807, 2.05) is 6.07 Å². The number of hydrogen-bond donors (Lipinski definition) is 1. The summed E-state index contributed by atoms with van der Waals surface area (Å²) in [5.41, 5.74) is 1.28. The second-order valence-corrected chi connectivity index (χ2v) is 4.57. The third-order valence-electron chi connectivity index (χ3n) is 2.18. The van der Waals surface area contributed by atoms with Crippen molar-refractivity contribution in [3.8, 4) is 0 Å². The van der Waals surface area contributed by atoms with Gasteiger partial charge in [-0.05, 0) is 34.1 Å². The van der Waals surface area contributed by atoms with Crippen molar-refractivity contribution >= 4 is 39.2 Å². The van der Waals surface area contributed by atoms with Gasteiger partial charge in [0, 0.05) is 17.8 Å². The van der Waals surface area contributed by atoms with Crippen LogP contribution in [0.1, 0.15) is 0 Å². The number of anilines is 1. The molecular weight excluding hydrogens is 309 g/mol. The van der Waals surface area contributed by atoms with Crippen molar-refractivity contribution in [3.05, 3.63) is 39.5 Å². The number of methoxy groups -OCH3 is 1. The average molecular weight is 319 g/mol. The van der Waals surface area contributed by atoms with Gasteiger partial charge in [0.2, 0.25) is 6.29 Å². The molecule has 0 aromatic heterocycles. The maximum Gasteiger partial charge on any atom is 0.349 e. The Labute approximate surface area is 112 Å². The monoisotopic (exact) mass is 317 g/mol. The number of ether oxygens (including phenoxy) is 2. The molecule has 90 valence electrons. The number of carbonyl (C=O) groups is 1. The van der Waals surface area contributed by atoms with Crippen molar-refractivity contribution in [3.63, 3.8) is 0 Å². The lowest BCUT2D eigenvalue weighted by Crippen LogP contribution is -2.18. The van der Waals surface area contributed by atoms with Crippen LogP contribution in [0.5, 0.6) is 0 Å². The van der Waals surface area contributed by atoms with Gasteiger partial charge in [0.25, 0.3) is 0 Å². The molecule has 0 bridgehead atoms. The molecule has 1 aromatic carbocycles. The zero-order valence-corrected chi connectivity index (χ0v) is 11.2. The van der Waals surface area contributed by atoms with Gasteiger partial charge in [0.15, 0.2) is 0 Å². The lowest BCUT2D eigenvalue weighted by Gasteiger charge is -2.13. The standard InChI is InChI=1S/C11H9BrClNO3/c1-16-11-9(8(12)10(15)17-11)14-7-4-2-3-6(13)5-7/h2-5,11,14H,1H3/t11-/m0/s1. The van der Waals surface area contributed by atoms with Crippen molar-refractivity contribution in [2.45, 2.75) is 6.29 Å².